The summed E-state index contributed by atoms with van der Waals surface area (Å²) in [5.74, 6) is 0.491. The van der Waals surface area contributed by atoms with Crippen molar-refractivity contribution < 1.29 is 46.8 Å². The number of esters is 1. The number of benzene rings is 1. The normalized spacial score (nSPS) is 7.60. The van der Waals surface area contributed by atoms with Gasteiger partial charge in [-0.3, -0.25) is 0 Å². The van der Waals surface area contributed by atoms with Crippen molar-refractivity contribution >= 4 is 28.5 Å². The van der Waals surface area contributed by atoms with Crippen molar-refractivity contribution in [2.24, 2.45) is 0 Å². The predicted octanol–water partition coefficient (Wildman–Crippen LogP) is -7.42. The van der Waals surface area contributed by atoms with E-state index in [0.717, 1.165) is 4.44 Å². The molecule has 0 N–H and O–H groups in total. The van der Waals surface area contributed by atoms with Crippen LogP contribution in [0.2, 0.25) is 4.44 Å². The number of hydrogen-bond acceptors (Lipinski definition) is 2. The van der Waals surface area contributed by atoms with Crippen LogP contribution in [0.15, 0.2) is 30.3 Å². The van der Waals surface area contributed by atoms with Gasteiger partial charge in [0.25, 0.3) is 0 Å². The molecule has 0 amide bonds. The first-order valence-electron chi connectivity index (χ1n) is 3.73. The Bertz CT molecular complexity index is 257. The topological polar surface area (TPSA) is 26.3 Å². The molecule has 0 saturated heterocycles. The van der Waals surface area contributed by atoms with Crippen LogP contribution < -0.4 is 42.0 Å². The zero-order valence-corrected chi connectivity index (χ0v) is 12.9. The molecular weight excluding hydrogens is 365 g/mol. The summed E-state index contributed by atoms with van der Waals surface area (Å²) in [6, 6.07) is 9.14. The minimum atomic E-state index is -0.141. The summed E-state index contributed by atoms with van der Waals surface area (Å²) in [6.07, 6.45) is 0.521. The van der Waals surface area contributed by atoms with Crippen LogP contribution in [0.3, 0.4) is 0 Å². The first kappa shape index (κ1) is 20.7. The van der Waals surface area contributed by atoms with Gasteiger partial charge in [-0.2, -0.15) is 0 Å². The maximum atomic E-state index is 11.0. The summed E-state index contributed by atoms with van der Waals surface area (Å²) in [4.78, 5) is 11.0. The summed E-state index contributed by atoms with van der Waals surface area (Å²) in [6.45, 7) is 0. The van der Waals surface area contributed by atoms with Gasteiger partial charge >= 0.3 is 85.0 Å². The molecule has 0 radical (unpaired) electrons. The molecule has 2 nitrogen and oxygen atoms in total. The number of carbonyl (C=O) groups is 1. The van der Waals surface area contributed by atoms with Gasteiger partial charge in [-0.1, -0.05) is 0 Å². The molecule has 15 heavy (non-hydrogen) atoms. The van der Waals surface area contributed by atoms with E-state index in [1.165, 1.54) is 22.5 Å². The van der Waals surface area contributed by atoms with E-state index in [0.29, 0.717) is 12.2 Å². The molecule has 6 heteroatoms. The van der Waals surface area contributed by atoms with Gasteiger partial charge in [0.1, 0.15) is 0 Å². The van der Waals surface area contributed by atoms with Gasteiger partial charge < -0.3 is 37.2 Å². The van der Waals surface area contributed by atoms with Crippen LogP contribution in [0.4, 0.5) is 0 Å². The fourth-order valence-corrected chi connectivity index (χ4v) is 1.36. The van der Waals surface area contributed by atoms with E-state index >= 15 is 0 Å². The molecule has 1 rings (SSSR count). The molecule has 0 aliphatic carbocycles. The minimum absolute atomic E-state index is 0. The van der Waals surface area contributed by atoms with Gasteiger partial charge in [-0.05, 0) is 0 Å². The Balaban J connectivity index is -0.000000480. The zero-order chi connectivity index (χ0) is 8.81. The van der Waals surface area contributed by atoms with Crippen LogP contribution in [0, 0.1) is 0 Å². The number of carbonyl (C=O) groups excluding carboxylic acids is 1. The van der Waals surface area contributed by atoms with E-state index in [4.69, 9.17) is 4.74 Å². The first-order valence-corrected chi connectivity index (χ1v) is 5.75. The maximum Gasteiger partial charge on any atom is -1.00 e. The summed E-state index contributed by atoms with van der Waals surface area (Å²) in [7, 11) is 0. The van der Waals surface area contributed by atoms with E-state index in [2.05, 4.69) is 0 Å². The van der Waals surface area contributed by atoms with E-state index in [1.807, 2.05) is 18.2 Å². The van der Waals surface area contributed by atoms with Crippen LogP contribution in [0.1, 0.15) is 6.42 Å². The fourth-order valence-electron chi connectivity index (χ4n) is 0.773. The second-order valence-electron chi connectivity index (χ2n) is 2.29. The van der Waals surface area contributed by atoms with Crippen molar-refractivity contribution in [2.75, 3.05) is 0 Å². The van der Waals surface area contributed by atoms with E-state index in [1.54, 1.807) is 12.1 Å². The Morgan fingerprint density at radius 1 is 1.13 bits per heavy atom. The third kappa shape index (κ3) is 9.30. The maximum absolute atomic E-state index is 11.0. The molecule has 0 unspecified atom stereocenters. The second-order valence-corrected chi connectivity index (χ2v) is 3.71. The summed E-state index contributed by atoms with van der Waals surface area (Å²) >= 11 is 1.37. The number of rotatable bonds is 3. The SMILES string of the molecule is O=C(C[CH2][Sn+3])Oc1ccccc1.[Cl-].[Cl-].[Cl-]. The summed E-state index contributed by atoms with van der Waals surface area (Å²) < 4.78 is 5.95. The van der Waals surface area contributed by atoms with Crippen LogP contribution in [0.5, 0.6) is 5.75 Å². The van der Waals surface area contributed by atoms with Gasteiger partial charge in [0.15, 0.2) is 0 Å². The molecule has 0 aliphatic heterocycles. The van der Waals surface area contributed by atoms with Crippen molar-refractivity contribution in [1.82, 2.24) is 0 Å². The molecule has 0 spiro atoms. The predicted molar refractivity (Wildman–Crippen MR) is 47.3 cm³/mol. The number of halogens is 3. The Hall–Kier alpha value is 0.359. The van der Waals surface area contributed by atoms with Crippen molar-refractivity contribution in [2.45, 2.75) is 10.9 Å². The molecule has 0 bridgehead atoms. The summed E-state index contributed by atoms with van der Waals surface area (Å²) in [5, 5.41) is 0. The Morgan fingerprint density at radius 3 is 2.13 bits per heavy atom. The van der Waals surface area contributed by atoms with Crippen LogP contribution in [0.25, 0.3) is 0 Å². The molecule has 0 heterocycles. The number of hydrogen-bond donors (Lipinski definition) is 0. The van der Waals surface area contributed by atoms with Crippen LogP contribution in [-0.4, -0.2) is 28.5 Å². The molecule has 1 aromatic carbocycles. The quantitative estimate of drug-likeness (QED) is 0.299. The van der Waals surface area contributed by atoms with Crippen molar-refractivity contribution in [3.8, 4) is 5.75 Å². The molecule has 82 valence electrons. The standard InChI is InChI=1S/C9H9O2.3ClH.Sn/c1-2-9(10)11-8-6-4-3-5-7-8;;;;/h3-7H,1-2H2;3*1H;/q;;;;+3/p-3. The van der Waals surface area contributed by atoms with Gasteiger partial charge in [0.05, 0.1) is 0 Å². The second kappa shape index (κ2) is 12.4. The molecule has 0 saturated carbocycles. The van der Waals surface area contributed by atoms with Crippen molar-refractivity contribution in [3.63, 3.8) is 0 Å². The fraction of sp³-hybridized carbons (Fsp3) is 0.222. The largest absolute Gasteiger partial charge is 1.00 e. The minimum Gasteiger partial charge on any atom is -1.00 e. The monoisotopic (exact) mass is 374 g/mol. The van der Waals surface area contributed by atoms with E-state index < -0.39 is 0 Å². The third-order valence-electron chi connectivity index (χ3n) is 1.30. The number of para-hydroxylation sites is 1. The average molecular weight is 374 g/mol. The molecule has 0 aromatic heterocycles. The smallest absolute Gasteiger partial charge is 1.00 e. The summed E-state index contributed by atoms with van der Waals surface area (Å²) in [5.41, 5.74) is 0. The van der Waals surface area contributed by atoms with E-state index in [9.17, 15) is 4.79 Å². The first-order chi connectivity index (χ1) is 5.83. The van der Waals surface area contributed by atoms with Gasteiger partial charge in [-0.15, -0.1) is 0 Å². The van der Waals surface area contributed by atoms with Crippen molar-refractivity contribution in [3.05, 3.63) is 30.3 Å². The van der Waals surface area contributed by atoms with Gasteiger partial charge in [-0.25, -0.2) is 0 Å². The average Bonchev–Trinajstić information content (AvgIpc) is 2.06. The molecular formula is C9H9Cl3O2Sn. The third-order valence-corrected chi connectivity index (χ3v) is 2.02. The van der Waals surface area contributed by atoms with Crippen LogP contribution in [-0.2, 0) is 4.79 Å². The van der Waals surface area contributed by atoms with Crippen molar-refractivity contribution in [1.29, 1.82) is 0 Å². The van der Waals surface area contributed by atoms with Gasteiger partial charge in [0, 0.05) is 0 Å². The molecule has 0 atom stereocenters. The van der Waals surface area contributed by atoms with Crippen LogP contribution >= 0.6 is 0 Å². The van der Waals surface area contributed by atoms with E-state index in [-0.39, 0.29) is 43.2 Å². The van der Waals surface area contributed by atoms with Gasteiger partial charge in [0.2, 0.25) is 0 Å². The number of ether oxygens (including phenoxy) is 1. The molecule has 0 aliphatic rings. The zero-order valence-electron chi connectivity index (χ0n) is 7.75. The Labute approximate surface area is 121 Å². The Kier molecular flexibility index (Phi) is 17.2. The molecule has 0 fully saturated rings. The molecule has 1 aromatic rings. The Morgan fingerprint density at radius 2 is 1.67 bits per heavy atom.